The Balaban J connectivity index is 1.83. The summed E-state index contributed by atoms with van der Waals surface area (Å²) >= 11 is 0. The van der Waals surface area contributed by atoms with Gasteiger partial charge in [-0.25, -0.2) is 14.8 Å². The number of hydrogen-bond acceptors (Lipinski definition) is 7. The standard InChI is InChI=1S/C21H21N5O4/c1-2-3-4-14-5-9-16(10-6-14)24-19-18(26(29)30)20(23-13-22-19)25-17-11-7-15(8-12-17)21(27)28/h5-13H,2-4H2,1H3,(H,27,28)(H2,22,23,24,25). The first kappa shape index (κ1) is 20.7. The maximum absolute atomic E-state index is 11.7. The van der Waals surface area contributed by atoms with Crippen molar-refractivity contribution in [1.82, 2.24) is 9.97 Å². The average molecular weight is 407 g/mol. The summed E-state index contributed by atoms with van der Waals surface area (Å²) in [6.07, 6.45) is 4.42. The van der Waals surface area contributed by atoms with Crippen molar-refractivity contribution in [2.45, 2.75) is 26.2 Å². The molecule has 0 aliphatic carbocycles. The maximum Gasteiger partial charge on any atom is 0.353 e. The second-order valence-corrected chi connectivity index (χ2v) is 6.61. The Bertz CT molecular complexity index is 1040. The summed E-state index contributed by atoms with van der Waals surface area (Å²) in [6.45, 7) is 2.14. The van der Waals surface area contributed by atoms with Crippen LogP contribution in [0.15, 0.2) is 54.9 Å². The second-order valence-electron chi connectivity index (χ2n) is 6.61. The molecule has 3 aromatic rings. The molecule has 1 aromatic heterocycles. The topological polar surface area (TPSA) is 130 Å². The zero-order chi connectivity index (χ0) is 21.5. The predicted molar refractivity (Wildman–Crippen MR) is 114 cm³/mol. The molecule has 1 heterocycles. The molecule has 0 radical (unpaired) electrons. The minimum absolute atomic E-state index is 0.000131. The summed E-state index contributed by atoms with van der Waals surface area (Å²) < 4.78 is 0. The van der Waals surface area contributed by atoms with Crippen LogP contribution in [0.5, 0.6) is 0 Å². The van der Waals surface area contributed by atoms with Gasteiger partial charge >= 0.3 is 11.7 Å². The van der Waals surface area contributed by atoms with Gasteiger partial charge in [0, 0.05) is 11.4 Å². The number of carboxylic acids is 1. The van der Waals surface area contributed by atoms with Crippen molar-refractivity contribution in [2.75, 3.05) is 10.6 Å². The van der Waals surface area contributed by atoms with Gasteiger partial charge in [0.05, 0.1) is 10.5 Å². The number of anilines is 4. The van der Waals surface area contributed by atoms with Crippen molar-refractivity contribution < 1.29 is 14.8 Å². The Labute approximate surface area is 173 Å². The van der Waals surface area contributed by atoms with Crippen LogP contribution in [0.3, 0.4) is 0 Å². The van der Waals surface area contributed by atoms with Gasteiger partial charge < -0.3 is 15.7 Å². The SMILES string of the molecule is CCCCc1ccc(Nc2ncnc(Nc3ccc(C(=O)O)cc3)c2[N+](=O)[O-])cc1. The van der Waals surface area contributed by atoms with Gasteiger partial charge in [-0.05, 0) is 54.8 Å². The molecule has 0 amide bonds. The molecule has 0 saturated heterocycles. The molecule has 154 valence electrons. The van der Waals surface area contributed by atoms with Gasteiger partial charge in [-0.1, -0.05) is 25.5 Å². The minimum atomic E-state index is -1.05. The Morgan fingerprint density at radius 2 is 1.53 bits per heavy atom. The van der Waals surface area contributed by atoms with Gasteiger partial charge in [-0.2, -0.15) is 0 Å². The monoisotopic (exact) mass is 407 g/mol. The first-order valence-corrected chi connectivity index (χ1v) is 9.43. The molecule has 9 nitrogen and oxygen atoms in total. The highest BCUT2D eigenvalue weighted by atomic mass is 16.6. The molecule has 0 fully saturated rings. The molecular weight excluding hydrogens is 386 g/mol. The molecule has 0 saturated carbocycles. The third kappa shape index (κ3) is 5.07. The third-order valence-electron chi connectivity index (χ3n) is 4.44. The number of carboxylic acid groups (broad SMARTS) is 1. The molecule has 2 aromatic carbocycles. The summed E-state index contributed by atoms with van der Waals surface area (Å²) in [5, 5.41) is 26.5. The number of unbranched alkanes of at least 4 members (excludes halogenated alkanes) is 1. The van der Waals surface area contributed by atoms with Crippen LogP contribution < -0.4 is 10.6 Å². The van der Waals surface area contributed by atoms with Gasteiger partial charge in [0.1, 0.15) is 6.33 Å². The van der Waals surface area contributed by atoms with Gasteiger partial charge in [0.25, 0.3) is 0 Å². The van der Waals surface area contributed by atoms with Crippen LogP contribution in [-0.4, -0.2) is 26.0 Å². The highest BCUT2D eigenvalue weighted by Gasteiger charge is 2.23. The van der Waals surface area contributed by atoms with E-state index in [-0.39, 0.29) is 22.9 Å². The van der Waals surface area contributed by atoms with Crippen LogP contribution in [0.25, 0.3) is 0 Å². The highest BCUT2D eigenvalue weighted by molar-refractivity contribution is 5.88. The Morgan fingerprint density at radius 1 is 1.00 bits per heavy atom. The smallest absolute Gasteiger partial charge is 0.353 e. The van der Waals surface area contributed by atoms with Crippen LogP contribution in [0.4, 0.5) is 28.7 Å². The van der Waals surface area contributed by atoms with E-state index >= 15 is 0 Å². The quantitative estimate of drug-likeness (QED) is 0.337. The zero-order valence-electron chi connectivity index (χ0n) is 16.3. The number of carbonyl (C=O) groups is 1. The summed E-state index contributed by atoms with van der Waals surface area (Å²) in [7, 11) is 0. The number of nitrogens with zero attached hydrogens (tertiary/aromatic N) is 3. The molecule has 0 spiro atoms. The summed E-state index contributed by atoms with van der Waals surface area (Å²) in [6, 6.07) is 13.5. The number of aromatic carboxylic acids is 1. The number of benzene rings is 2. The van der Waals surface area contributed by atoms with Crippen LogP contribution in [0, 0.1) is 10.1 Å². The molecule has 0 unspecified atom stereocenters. The van der Waals surface area contributed by atoms with Crippen LogP contribution in [-0.2, 0) is 6.42 Å². The van der Waals surface area contributed by atoms with Crippen molar-refractivity contribution in [2.24, 2.45) is 0 Å². The van der Waals surface area contributed by atoms with E-state index in [4.69, 9.17) is 5.11 Å². The van der Waals surface area contributed by atoms with Crippen molar-refractivity contribution in [3.05, 3.63) is 76.1 Å². The lowest BCUT2D eigenvalue weighted by Gasteiger charge is -2.11. The summed E-state index contributed by atoms with van der Waals surface area (Å²) in [5.74, 6) is -0.997. The lowest BCUT2D eigenvalue weighted by molar-refractivity contribution is -0.383. The fourth-order valence-electron chi connectivity index (χ4n) is 2.84. The molecule has 30 heavy (non-hydrogen) atoms. The van der Waals surface area contributed by atoms with Crippen LogP contribution >= 0.6 is 0 Å². The van der Waals surface area contributed by atoms with Crippen molar-refractivity contribution in [3.8, 4) is 0 Å². The molecule has 0 bridgehead atoms. The molecule has 3 rings (SSSR count). The summed E-state index contributed by atoms with van der Waals surface area (Å²) in [4.78, 5) is 30.1. The van der Waals surface area contributed by atoms with Crippen LogP contribution in [0.2, 0.25) is 0 Å². The largest absolute Gasteiger partial charge is 0.478 e. The lowest BCUT2D eigenvalue weighted by atomic mass is 10.1. The van der Waals surface area contributed by atoms with Gasteiger partial charge in [-0.15, -0.1) is 0 Å². The number of aromatic nitrogens is 2. The number of nitro groups is 1. The first-order chi connectivity index (χ1) is 14.5. The first-order valence-electron chi connectivity index (χ1n) is 9.43. The molecule has 3 N–H and O–H groups in total. The average Bonchev–Trinajstić information content (AvgIpc) is 2.73. The van der Waals surface area contributed by atoms with E-state index in [9.17, 15) is 14.9 Å². The van der Waals surface area contributed by atoms with Gasteiger partial charge in [0.15, 0.2) is 0 Å². The van der Waals surface area contributed by atoms with Crippen molar-refractivity contribution in [1.29, 1.82) is 0 Å². The van der Waals surface area contributed by atoms with E-state index in [1.54, 1.807) is 0 Å². The van der Waals surface area contributed by atoms with Crippen molar-refractivity contribution >= 4 is 34.7 Å². The van der Waals surface area contributed by atoms with Crippen molar-refractivity contribution in [3.63, 3.8) is 0 Å². The van der Waals surface area contributed by atoms with E-state index in [0.29, 0.717) is 11.4 Å². The minimum Gasteiger partial charge on any atom is -0.478 e. The predicted octanol–water partition coefficient (Wildman–Crippen LogP) is 4.91. The lowest BCUT2D eigenvalue weighted by Crippen LogP contribution is -2.05. The third-order valence-corrected chi connectivity index (χ3v) is 4.44. The summed E-state index contributed by atoms with van der Waals surface area (Å²) in [5.41, 5.74) is 2.14. The van der Waals surface area contributed by atoms with E-state index in [2.05, 4.69) is 27.5 Å². The van der Waals surface area contributed by atoms with Gasteiger partial charge in [-0.3, -0.25) is 10.1 Å². The maximum atomic E-state index is 11.7. The molecular formula is C21H21N5O4. The van der Waals surface area contributed by atoms with Gasteiger partial charge in [0.2, 0.25) is 11.6 Å². The zero-order valence-corrected chi connectivity index (χ0v) is 16.3. The highest BCUT2D eigenvalue weighted by Crippen LogP contribution is 2.33. The Kier molecular flexibility index (Phi) is 6.53. The molecule has 9 heteroatoms. The van der Waals surface area contributed by atoms with E-state index < -0.39 is 10.9 Å². The molecule has 0 atom stereocenters. The van der Waals surface area contributed by atoms with E-state index in [1.165, 1.54) is 36.2 Å². The Hall–Kier alpha value is -4.01. The fraction of sp³-hybridized carbons (Fsp3) is 0.190. The Morgan fingerprint density at radius 3 is 2.00 bits per heavy atom. The number of nitrogens with one attached hydrogen (secondary N) is 2. The number of rotatable bonds is 9. The second kappa shape index (κ2) is 9.46. The van der Waals surface area contributed by atoms with Crippen LogP contribution in [0.1, 0.15) is 35.7 Å². The number of hydrogen-bond donors (Lipinski definition) is 3. The normalized spacial score (nSPS) is 10.4. The van der Waals surface area contributed by atoms with E-state index in [0.717, 1.165) is 19.3 Å². The molecule has 0 aliphatic heterocycles. The number of aryl methyl sites for hydroxylation is 1. The van der Waals surface area contributed by atoms with E-state index in [1.807, 2.05) is 24.3 Å². The molecule has 0 aliphatic rings. The fourth-order valence-corrected chi connectivity index (χ4v) is 2.84.